The van der Waals surface area contributed by atoms with Crippen LogP contribution in [-0.4, -0.2) is 31.7 Å². The van der Waals surface area contributed by atoms with Crippen molar-refractivity contribution in [3.8, 4) is 5.75 Å². The number of nitrogens with zero attached hydrogens (tertiary/aromatic N) is 2. The summed E-state index contributed by atoms with van der Waals surface area (Å²) >= 11 is 5.20. The highest BCUT2D eigenvalue weighted by atomic mass is 32.1. The maximum Gasteiger partial charge on any atom is 0.255 e. The molecule has 4 rings (SSSR count). The maximum atomic E-state index is 13.3. The van der Waals surface area contributed by atoms with Crippen molar-refractivity contribution >= 4 is 29.7 Å². The highest BCUT2D eigenvalue weighted by molar-refractivity contribution is 7.71. The van der Waals surface area contributed by atoms with Gasteiger partial charge in [0.1, 0.15) is 17.4 Å². The van der Waals surface area contributed by atoms with Crippen molar-refractivity contribution in [1.29, 1.82) is 0 Å². The standard InChI is InChI=1S/C20H17F2N5O3S/c21-11-5-10(6-12(22)7-11)18(29)24-13-1-4-15(16(28)8-13)19(30)23-9-17-25-26-20(31)27(17)14-2-3-14/h1,4-8,14,28H,2-3,9H2,(H,23,30)(H,24,29)(H,26,31). The average Bonchev–Trinajstić information content (AvgIpc) is 3.47. The first kappa shape index (κ1) is 20.7. The van der Waals surface area contributed by atoms with Gasteiger partial charge < -0.3 is 15.7 Å². The largest absolute Gasteiger partial charge is 0.507 e. The molecule has 8 nitrogen and oxygen atoms in total. The van der Waals surface area contributed by atoms with Crippen LogP contribution in [0.4, 0.5) is 14.5 Å². The first-order valence-electron chi connectivity index (χ1n) is 9.36. The molecule has 0 saturated heterocycles. The normalized spacial score (nSPS) is 13.1. The first-order chi connectivity index (χ1) is 14.8. The van der Waals surface area contributed by atoms with E-state index in [1.807, 2.05) is 4.57 Å². The molecule has 31 heavy (non-hydrogen) atoms. The predicted molar refractivity (Wildman–Crippen MR) is 109 cm³/mol. The summed E-state index contributed by atoms with van der Waals surface area (Å²) in [6, 6.07) is 6.60. The fourth-order valence-corrected chi connectivity index (χ4v) is 3.42. The van der Waals surface area contributed by atoms with Crippen molar-refractivity contribution in [3.05, 3.63) is 69.8 Å². The maximum absolute atomic E-state index is 13.3. The van der Waals surface area contributed by atoms with Gasteiger partial charge in [-0.15, -0.1) is 0 Å². The summed E-state index contributed by atoms with van der Waals surface area (Å²) in [4.78, 5) is 24.6. The van der Waals surface area contributed by atoms with Crippen LogP contribution in [0.15, 0.2) is 36.4 Å². The number of anilines is 1. The van der Waals surface area contributed by atoms with E-state index in [4.69, 9.17) is 12.2 Å². The van der Waals surface area contributed by atoms with Crippen molar-refractivity contribution < 1.29 is 23.5 Å². The third kappa shape index (κ3) is 4.61. The molecule has 1 aromatic heterocycles. The quantitative estimate of drug-likeness (QED) is 0.434. The van der Waals surface area contributed by atoms with Crippen molar-refractivity contribution in [3.63, 3.8) is 0 Å². The summed E-state index contributed by atoms with van der Waals surface area (Å²) in [6.07, 6.45) is 2.01. The minimum Gasteiger partial charge on any atom is -0.507 e. The molecular formula is C20H17F2N5O3S. The van der Waals surface area contributed by atoms with Crippen LogP contribution in [0.25, 0.3) is 0 Å². The number of hydrogen-bond donors (Lipinski definition) is 4. The van der Waals surface area contributed by atoms with Gasteiger partial charge in [0.05, 0.1) is 12.1 Å². The topological polar surface area (TPSA) is 112 Å². The van der Waals surface area contributed by atoms with Gasteiger partial charge in [-0.25, -0.2) is 8.78 Å². The second-order valence-electron chi connectivity index (χ2n) is 7.07. The molecule has 1 heterocycles. The van der Waals surface area contributed by atoms with Crippen LogP contribution in [0, 0.1) is 16.4 Å². The van der Waals surface area contributed by atoms with Gasteiger partial charge in [-0.1, -0.05) is 0 Å². The van der Waals surface area contributed by atoms with E-state index in [1.54, 1.807) is 0 Å². The smallest absolute Gasteiger partial charge is 0.255 e. The number of phenolic OH excluding ortho intramolecular Hbond substituents is 1. The third-order valence-electron chi connectivity index (χ3n) is 4.72. The summed E-state index contributed by atoms with van der Waals surface area (Å²) in [7, 11) is 0. The number of amides is 2. The molecule has 1 aliphatic carbocycles. The van der Waals surface area contributed by atoms with Gasteiger partial charge in [0.25, 0.3) is 11.8 Å². The molecule has 11 heteroatoms. The van der Waals surface area contributed by atoms with Gasteiger partial charge in [0, 0.05) is 29.4 Å². The number of aromatic hydroxyl groups is 1. The first-order valence-corrected chi connectivity index (χ1v) is 9.77. The molecule has 0 spiro atoms. The second kappa shape index (κ2) is 8.26. The number of aromatic amines is 1. The highest BCUT2D eigenvalue weighted by Crippen LogP contribution is 2.35. The number of carbonyl (C=O) groups excluding carboxylic acids is 2. The Morgan fingerprint density at radius 2 is 1.87 bits per heavy atom. The SMILES string of the molecule is O=C(Nc1ccc(C(=O)NCc2n[nH]c(=S)n2C2CC2)c(O)c1)c1cc(F)cc(F)c1. The summed E-state index contributed by atoms with van der Waals surface area (Å²) in [5, 5.41) is 22.1. The molecule has 0 radical (unpaired) electrons. The third-order valence-corrected chi connectivity index (χ3v) is 5.01. The van der Waals surface area contributed by atoms with Gasteiger partial charge in [-0.2, -0.15) is 5.10 Å². The van der Waals surface area contributed by atoms with E-state index in [0.29, 0.717) is 22.7 Å². The van der Waals surface area contributed by atoms with Gasteiger partial charge in [-0.05, 0) is 49.3 Å². The number of phenols is 1. The summed E-state index contributed by atoms with van der Waals surface area (Å²) in [6.45, 7) is 0.117. The van der Waals surface area contributed by atoms with Crippen LogP contribution in [-0.2, 0) is 6.54 Å². The molecule has 0 bridgehead atoms. The van der Waals surface area contributed by atoms with Crippen molar-refractivity contribution in [1.82, 2.24) is 20.1 Å². The van der Waals surface area contributed by atoms with Crippen molar-refractivity contribution in [2.75, 3.05) is 5.32 Å². The molecular weight excluding hydrogens is 428 g/mol. The van der Waals surface area contributed by atoms with E-state index in [1.165, 1.54) is 18.2 Å². The van der Waals surface area contributed by atoms with E-state index in [-0.39, 0.29) is 29.1 Å². The van der Waals surface area contributed by atoms with Crippen LogP contribution in [0.3, 0.4) is 0 Å². The minimum absolute atomic E-state index is 0.0121. The molecule has 1 fully saturated rings. The lowest BCUT2D eigenvalue weighted by Gasteiger charge is -2.10. The van der Waals surface area contributed by atoms with E-state index in [2.05, 4.69) is 20.8 Å². The number of nitrogens with one attached hydrogen (secondary N) is 3. The zero-order chi connectivity index (χ0) is 22.1. The van der Waals surface area contributed by atoms with Gasteiger partial charge >= 0.3 is 0 Å². The van der Waals surface area contributed by atoms with Crippen molar-refractivity contribution in [2.45, 2.75) is 25.4 Å². The number of halogens is 2. The molecule has 160 valence electrons. The van der Waals surface area contributed by atoms with E-state index < -0.39 is 23.4 Å². The highest BCUT2D eigenvalue weighted by Gasteiger charge is 2.27. The average molecular weight is 445 g/mol. The molecule has 0 atom stereocenters. The number of H-pyrrole nitrogens is 1. The second-order valence-corrected chi connectivity index (χ2v) is 7.46. The Hall–Kier alpha value is -3.60. The Balaban J connectivity index is 1.43. The molecule has 1 saturated carbocycles. The van der Waals surface area contributed by atoms with E-state index in [9.17, 15) is 23.5 Å². The number of aromatic nitrogens is 3. The summed E-state index contributed by atoms with van der Waals surface area (Å²) < 4.78 is 28.9. The summed E-state index contributed by atoms with van der Waals surface area (Å²) in [5.74, 6) is -2.86. The van der Waals surface area contributed by atoms with Gasteiger partial charge in [-0.3, -0.25) is 19.3 Å². The summed E-state index contributed by atoms with van der Waals surface area (Å²) in [5.41, 5.74) is -0.0804. The molecule has 2 amide bonds. The lowest BCUT2D eigenvalue weighted by molar-refractivity contribution is 0.0946. The zero-order valence-corrected chi connectivity index (χ0v) is 16.8. The lowest BCUT2D eigenvalue weighted by Crippen LogP contribution is -2.25. The van der Waals surface area contributed by atoms with Crippen LogP contribution in [0.1, 0.15) is 45.4 Å². The lowest BCUT2D eigenvalue weighted by atomic mass is 10.1. The molecule has 4 N–H and O–H groups in total. The zero-order valence-electron chi connectivity index (χ0n) is 16.0. The van der Waals surface area contributed by atoms with Crippen LogP contribution >= 0.6 is 12.2 Å². The number of hydrogen-bond acceptors (Lipinski definition) is 5. The minimum atomic E-state index is -0.886. The van der Waals surface area contributed by atoms with Gasteiger partial charge in [0.2, 0.25) is 0 Å². The predicted octanol–water partition coefficient (Wildman–Crippen LogP) is 3.44. The fourth-order valence-electron chi connectivity index (χ4n) is 3.12. The Bertz CT molecular complexity index is 1220. The molecule has 0 unspecified atom stereocenters. The van der Waals surface area contributed by atoms with Crippen LogP contribution in [0.2, 0.25) is 0 Å². The molecule has 1 aliphatic rings. The van der Waals surface area contributed by atoms with Gasteiger partial charge in [0.15, 0.2) is 10.6 Å². The van der Waals surface area contributed by atoms with Crippen LogP contribution in [0.5, 0.6) is 5.75 Å². The number of rotatable bonds is 6. The van der Waals surface area contributed by atoms with E-state index >= 15 is 0 Å². The monoisotopic (exact) mass is 445 g/mol. The molecule has 0 aliphatic heterocycles. The Kier molecular flexibility index (Phi) is 5.51. The fraction of sp³-hybridized carbons (Fsp3) is 0.200. The number of carbonyl (C=O) groups is 2. The molecule has 3 aromatic rings. The van der Waals surface area contributed by atoms with Crippen molar-refractivity contribution in [2.24, 2.45) is 0 Å². The Morgan fingerprint density at radius 1 is 1.16 bits per heavy atom. The number of benzene rings is 2. The van der Waals surface area contributed by atoms with E-state index in [0.717, 1.165) is 25.0 Å². The Labute approximate surface area is 179 Å². The van der Waals surface area contributed by atoms with Crippen LogP contribution < -0.4 is 10.6 Å². The Morgan fingerprint density at radius 3 is 2.52 bits per heavy atom. The molecule has 2 aromatic carbocycles.